The summed E-state index contributed by atoms with van der Waals surface area (Å²) >= 11 is -1.11. The number of hydrogen-bond donors (Lipinski definition) is 0. The molecule has 1 aliphatic carbocycles. The molecule has 2 aromatic rings. The second-order valence-corrected chi connectivity index (χ2v) is 14.2. The Labute approximate surface area is 262 Å². The van der Waals surface area contributed by atoms with E-state index in [2.05, 4.69) is 46.7 Å². The van der Waals surface area contributed by atoms with Crippen molar-refractivity contribution in [3.8, 4) is 12.1 Å². The van der Waals surface area contributed by atoms with Gasteiger partial charge in [0.1, 0.15) is 0 Å². The van der Waals surface area contributed by atoms with Crippen molar-refractivity contribution in [3.63, 3.8) is 0 Å². The van der Waals surface area contributed by atoms with Crippen molar-refractivity contribution in [1.29, 1.82) is 5.26 Å². The molecular formula is C31H37F2IN7O2-. The minimum atomic E-state index is -2.71. The number of carbonyl (C=O) groups is 1. The molecule has 2 saturated heterocycles. The van der Waals surface area contributed by atoms with Crippen LogP contribution in [-0.4, -0.2) is 87.5 Å². The van der Waals surface area contributed by atoms with Crippen LogP contribution in [0.5, 0.6) is 6.01 Å². The molecule has 2 fully saturated rings. The van der Waals surface area contributed by atoms with Crippen LogP contribution in [0.25, 0.3) is 0 Å². The number of likely N-dealkylation sites (tertiary alicyclic amines) is 1. The Balaban J connectivity index is 1.29. The van der Waals surface area contributed by atoms with Gasteiger partial charge in [-0.05, 0) is 0 Å². The van der Waals surface area contributed by atoms with E-state index in [1.807, 2.05) is 0 Å². The molecule has 12 heteroatoms. The summed E-state index contributed by atoms with van der Waals surface area (Å²) in [6, 6.07) is 11.1. The number of para-hydroxylation sites is 1. The summed E-state index contributed by atoms with van der Waals surface area (Å²) in [6.07, 6.45) is 6.00. The Morgan fingerprint density at radius 1 is 1.26 bits per heavy atom. The Hall–Kier alpha value is -3.05. The van der Waals surface area contributed by atoms with E-state index >= 15 is 0 Å². The summed E-state index contributed by atoms with van der Waals surface area (Å²) in [5, 5.41) is 9.50. The standard InChI is InChI=1S/C31H37F2IN7O2/c1-3-28(42)41-16-15-39(19-23(41)12-13-35)29-24-11-10-22(40-14-6-8-21-7-4-5-9-26(21)40)17-25(24)36-30(37-29)43-34-27-18-31(32,33)20-38(27)2/h3-5,7,9,22-23,27H,1,6,8,10-12,14-20H2,2H3/q-1/t22?,23-,27-/m0/s1. The summed E-state index contributed by atoms with van der Waals surface area (Å²) in [7, 11) is 1.72. The second-order valence-electron chi connectivity index (χ2n) is 11.9. The number of aryl methyl sites for hydroxylation is 1. The van der Waals surface area contributed by atoms with Crippen LogP contribution in [0, 0.1) is 11.3 Å². The predicted octanol–water partition coefficient (Wildman–Crippen LogP) is 0.583. The first kappa shape index (κ1) is 30.0. The topological polar surface area (TPSA) is 88.8 Å². The fourth-order valence-electron chi connectivity index (χ4n) is 6.92. The van der Waals surface area contributed by atoms with Gasteiger partial charge in [-0.3, -0.25) is 0 Å². The predicted molar refractivity (Wildman–Crippen MR) is 155 cm³/mol. The van der Waals surface area contributed by atoms with E-state index in [0.717, 1.165) is 55.7 Å². The molecule has 9 nitrogen and oxygen atoms in total. The summed E-state index contributed by atoms with van der Waals surface area (Å²) in [5.41, 5.74) is 4.70. The van der Waals surface area contributed by atoms with E-state index in [1.165, 1.54) is 17.3 Å². The molecule has 3 atom stereocenters. The zero-order chi connectivity index (χ0) is 30.1. The minimum absolute atomic E-state index is 0.180. The fourth-order valence-corrected chi connectivity index (χ4v) is 9.04. The third-order valence-corrected chi connectivity index (χ3v) is 11.6. The number of alkyl halides is 3. The molecule has 4 aliphatic rings. The number of carbonyl (C=O) groups excluding carboxylic acids is 1. The number of nitriles is 1. The summed E-state index contributed by atoms with van der Waals surface area (Å²) < 4.78 is 34.0. The van der Waals surface area contributed by atoms with Crippen LogP contribution >= 0.6 is 0 Å². The first-order valence-electron chi connectivity index (χ1n) is 14.9. The number of benzene rings is 1. The van der Waals surface area contributed by atoms with Crippen LogP contribution in [0.4, 0.5) is 20.3 Å². The molecule has 0 spiro atoms. The number of rotatable bonds is 7. The van der Waals surface area contributed by atoms with Crippen LogP contribution < -0.4 is 34.5 Å². The van der Waals surface area contributed by atoms with Gasteiger partial charge in [0.2, 0.25) is 0 Å². The van der Waals surface area contributed by atoms with Crippen molar-refractivity contribution in [2.75, 3.05) is 49.6 Å². The van der Waals surface area contributed by atoms with Gasteiger partial charge in [0.25, 0.3) is 0 Å². The van der Waals surface area contributed by atoms with Crippen LogP contribution in [0.15, 0.2) is 36.9 Å². The van der Waals surface area contributed by atoms with E-state index in [1.54, 1.807) is 16.8 Å². The molecule has 4 heterocycles. The van der Waals surface area contributed by atoms with Crippen molar-refractivity contribution >= 4 is 17.4 Å². The van der Waals surface area contributed by atoms with Crippen molar-refractivity contribution in [2.45, 2.75) is 67.0 Å². The Kier molecular flexibility index (Phi) is 8.73. The van der Waals surface area contributed by atoms with Crippen molar-refractivity contribution in [2.24, 2.45) is 0 Å². The van der Waals surface area contributed by atoms with Gasteiger partial charge >= 0.3 is 263 Å². The number of amides is 1. The molecule has 0 N–H and O–H groups in total. The summed E-state index contributed by atoms with van der Waals surface area (Å²) in [6.45, 7) is 5.84. The van der Waals surface area contributed by atoms with E-state index in [0.29, 0.717) is 19.6 Å². The van der Waals surface area contributed by atoms with E-state index in [4.69, 9.17) is 13.0 Å². The van der Waals surface area contributed by atoms with Crippen LogP contribution in [0.3, 0.4) is 0 Å². The van der Waals surface area contributed by atoms with Crippen molar-refractivity contribution in [3.05, 3.63) is 53.7 Å². The third kappa shape index (κ3) is 6.29. The number of piperazine rings is 1. The van der Waals surface area contributed by atoms with Crippen molar-refractivity contribution < 1.29 is 38.3 Å². The van der Waals surface area contributed by atoms with E-state index in [-0.39, 0.29) is 47.4 Å². The summed E-state index contributed by atoms with van der Waals surface area (Å²) in [4.78, 5) is 30.4. The number of nitrogens with zero attached hydrogens (tertiary/aromatic N) is 7. The molecule has 1 amide bonds. The Morgan fingerprint density at radius 2 is 2.09 bits per heavy atom. The SMILES string of the molecule is C=CC(=O)N1CCN(c2nc(O[I-][C@@H]3CC(F)(F)CN3C)nc3c2CCC(N2CCCc4ccccc42)C3)C[C@@H]1CC#N. The number of fused-ring (bicyclic) bond motifs is 2. The van der Waals surface area contributed by atoms with Crippen molar-refractivity contribution in [1.82, 2.24) is 19.8 Å². The molecule has 1 aromatic carbocycles. The van der Waals surface area contributed by atoms with Crippen LogP contribution in [-0.2, 0) is 24.1 Å². The van der Waals surface area contributed by atoms with Gasteiger partial charge in [-0.1, -0.05) is 0 Å². The normalized spacial score (nSPS) is 25.2. The molecule has 1 unspecified atom stereocenters. The second kappa shape index (κ2) is 12.5. The molecule has 0 bridgehead atoms. The zero-order valence-corrected chi connectivity index (χ0v) is 26.5. The van der Waals surface area contributed by atoms with Crippen LogP contribution in [0.1, 0.15) is 42.5 Å². The van der Waals surface area contributed by atoms with Gasteiger partial charge in [0.05, 0.1) is 0 Å². The Morgan fingerprint density at radius 3 is 2.86 bits per heavy atom. The fraction of sp³-hybridized carbons (Fsp3) is 0.548. The molecule has 43 heavy (non-hydrogen) atoms. The molecule has 6 rings (SSSR count). The molecule has 0 radical (unpaired) electrons. The maximum atomic E-state index is 14.1. The van der Waals surface area contributed by atoms with Gasteiger partial charge in [-0.15, -0.1) is 0 Å². The van der Waals surface area contributed by atoms with Gasteiger partial charge in [-0.2, -0.15) is 0 Å². The molecular weight excluding hydrogens is 667 g/mol. The zero-order valence-electron chi connectivity index (χ0n) is 24.4. The summed E-state index contributed by atoms with van der Waals surface area (Å²) in [5.74, 6) is -2.11. The first-order chi connectivity index (χ1) is 20.8. The Bertz CT molecular complexity index is 1420. The van der Waals surface area contributed by atoms with Gasteiger partial charge in [0.15, 0.2) is 0 Å². The van der Waals surface area contributed by atoms with Gasteiger partial charge in [-0.25, -0.2) is 0 Å². The molecule has 0 saturated carbocycles. The molecule has 1 aromatic heterocycles. The number of halogens is 3. The maximum absolute atomic E-state index is 14.1. The molecule has 3 aliphatic heterocycles. The van der Waals surface area contributed by atoms with Crippen LogP contribution in [0.2, 0.25) is 0 Å². The number of aromatic nitrogens is 2. The number of hydrogen-bond acceptors (Lipinski definition) is 8. The van der Waals surface area contributed by atoms with Gasteiger partial charge < -0.3 is 0 Å². The number of anilines is 2. The first-order valence-corrected chi connectivity index (χ1v) is 17.1. The quantitative estimate of drug-likeness (QED) is 0.179. The average Bonchev–Trinajstić information content (AvgIpc) is 3.29. The molecule has 230 valence electrons. The van der Waals surface area contributed by atoms with Gasteiger partial charge in [0, 0.05) is 0 Å². The monoisotopic (exact) mass is 704 g/mol. The average molecular weight is 705 g/mol. The van der Waals surface area contributed by atoms with E-state index < -0.39 is 27.5 Å². The van der Waals surface area contributed by atoms with E-state index in [9.17, 15) is 18.8 Å². The third-order valence-electron chi connectivity index (χ3n) is 9.00.